The summed E-state index contributed by atoms with van der Waals surface area (Å²) in [6.45, 7) is 4.00. The summed E-state index contributed by atoms with van der Waals surface area (Å²) in [5.41, 5.74) is -0.560. The average molecular weight is 255 g/mol. The fourth-order valence-corrected chi connectivity index (χ4v) is 1.53. The van der Waals surface area contributed by atoms with E-state index in [0.717, 1.165) is 16.8 Å². The number of halogens is 2. The zero-order chi connectivity index (χ0) is 12.9. The van der Waals surface area contributed by atoms with Gasteiger partial charge in [-0.3, -0.25) is 0 Å². The molecule has 0 fully saturated rings. The molecule has 0 bridgehead atoms. The van der Waals surface area contributed by atoms with Crippen LogP contribution in [0.15, 0.2) is 12.5 Å². The monoisotopic (exact) mass is 255 g/mol. The van der Waals surface area contributed by atoms with E-state index in [1.54, 1.807) is 0 Å². The number of imidazole rings is 1. The number of rotatable bonds is 3. The lowest BCUT2D eigenvalue weighted by atomic mass is 10.5. The first-order chi connectivity index (χ1) is 7.35. The molecule has 8 heteroatoms. The van der Waals surface area contributed by atoms with Crippen LogP contribution >= 0.6 is 0 Å². The SMILES string of the molecule is CC.CN(C)S(=O)(=O)n1cnc(C(F)F)c1. The Morgan fingerprint density at radius 1 is 1.38 bits per heavy atom. The smallest absolute Gasteiger partial charge is 0.235 e. The van der Waals surface area contributed by atoms with Gasteiger partial charge in [0.25, 0.3) is 6.43 Å². The van der Waals surface area contributed by atoms with Crippen molar-refractivity contribution in [1.82, 2.24) is 13.3 Å². The second-order valence-electron chi connectivity index (χ2n) is 2.72. The highest BCUT2D eigenvalue weighted by atomic mass is 32.2. The molecule has 0 aliphatic heterocycles. The third-order valence-corrected chi connectivity index (χ3v) is 3.19. The molecule has 0 saturated heterocycles. The summed E-state index contributed by atoms with van der Waals surface area (Å²) >= 11 is 0. The molecule has 0 spiro atoms. The number of hydrogen-bond donors (Lipinski definition) is 0. The lowest BCUT2D eigenvalue weighted by Crippen LogP contribution is -2.27. The Labute approximate surface area is 93.9 Å². The van der Waals surface area contributed by atoms with Crippen molar-refractivity contribution in [2.45, 2.75) is 20.3 Å². The Morgan fingerprint density at radius 2 is 1.88 bits per heavy atom. The van der Waals surface area contributed by atoms with Crippen molar-refractivity contribution >= 4 is 10.2 Å². The first-order valence-corrected chi connectivity index (χ1v) is 6.00. The summed E-state index contributed by atoms with van der Waals surface area (Å²) in [5, 5.41) is 0. The largest absolute Gasteiger partial charge is 0.308 e. The first-order valence-electron chi connectivity index (χ1n) is 4.60. The van der Waals surface area contributed by atoms with Gasteiger partial charge in [0.15, 0.2) is 0 Å². The van der Waals surface area contributed by atoms with Crippen LogP contribution in [-0.2, 0) is 10.2 Å². The Hall–Kier alpha value is -1.02. The maximum Gasteiger partial charge on any atom is 0.308 e. The zero-order valence-corrected chi connectivity index (χ0v) is 10.4. The molecular weight excluding hydrogens is 240 g/mol. The van der Waals surface area contributed by atoms with E-state index in [9.17, 15) is 17.2 Å². The van der Waals surface area contributed by atoms with E-state index in [0.29, 0.717) is 3.97 Å². The zero-order valence-electron chi connectivity index (χ0n) is 9.55. The first kappa shape index (κ1) is 15.0. The van der Waals surface area contributed by atoms with Crippen molar-refractivity contribution in [2.24, 2.45) is 0 Å². The summed E-state index contributed by atoms with van der Waals surface area (Å²) in [6.07, 6.45) is -1.13. The molecule has 1 heterocycles. The summed E-state index contributed by atoms with van der Waals surface area (Å²) in [7, 11) is -1.13. The molecule has 0 amide bonds. The molecule has 5 nitrogen and oxygen atoms in total. The molecule has 1 rings (SSSR count). The highest BCUT2D eigenvalue weighted by Gasteiger charge is 2.19. The van der Waals surface area contributed by atoms with Gasteiger partial charge in [0.05, 0.1) is 6.20 Å². The standard InChI is InChI=1S/C6H9F2N3O2S.C2H6/c1-10(2)14(12,13)11-3-5(6(7)8)9-4-11;1-2/h3-4,6H,1-2H3;1-2H3. The highest BCUT2D eigenvalue weighted by molar-refractivity contribution is 7.87. The third kappa shape index (κ3) is 3.24. The van der Waals surface area contributed by atoms with Crippen LogP contribution in [0.3, 0.4) is 0 Å². The van der Waals surface area contributed by atoms with Crippen molar-refractivity contribution in [3.05, 3.63) is 18.2 Å². The summed E-state index contributed by atoms with van der Waals surface area (Å²) < 4.78 is 48.5. The van der Waals surface area contributed by atoms with Crippen LogP contribution in [-0.4, -0.2) is 35.8 Å². The molecule has 1 aromatic heterocycles. The van der Waals surface area contributed by atoms with Crippen LogP contribution in [0, 0.1) is 0 Å². The quantitative estimate of drug-likeness (QED) is 0.822. The van der Waals surface area contributed by atoms with Gasteiger partial charge in [-0.2, -0.15) is 12.7 Å². The van der Waals surface area contributed by atoms with Crippen LogP contribution in [0.2, 0.25) is 0 Å². The van der Waals surface area contributed by atoms with Gasteiger partial charge in [0.2, 0.25) is 0 Å². The Bertz CT molecular complexity index is 415. The second-order valence-corrected chi connectivity index (χ2v) is 4.77. The van der Waals surface area contributed by atoms with E-state index in [1.165, 1.54) is 14.1 Å². The highest BCUT2D eigenvalue weighted by Crippen LogP contribution is 2.16. The average Bonchev–Trinajstić information content (AvgIpc) is 2.69. The predicted octanol–water partition coefficient (Wildman–Crippen LogP) is 1.50. The van der Waals surface area contributed by atoms with Gasteiger partial charge in [-0.25, -0.2) is 17.7 Å². The van der Waals surface area contributed by atoms with E-state index >= 15 is 0 Å². The van der Waals surface area contributed by atoms with E-state index in [1.807, 2.05) is 13.8 Å². The van der Waals surface area contributed by atoms with E-state index in [4.69, 9.17) is 0 Å². The predicted molar refractivity (Wildman–Crippen MR) is 56.5 cm³/mol. The fourth-order valence-electron chi connectivity index (χ4n) is 0.748. The van der Waals surface area contributed by atoms with Crippen molar-refractivity contribution in [2.75, 3.05) is 14.1 Å². The summed E-state index contributed by atoms with van der Waals surface area (Å²) in [4.78, 5) is 3.27. The minimum atomic E-state index is -3.74. The second kappa shape index (κ2) is 5.90. The van der Waals surface area contributed by atoms with Gasteiger partial charge in [-0.1, -0.05) is 13.8 Å². The van der Waals surface area contributed by atoms with Crippen molar-refractivity contribution in [1.29, 1.82) is 0 Å². The van der Waals surface area contributed by atoms with Gasteiger partial charge in [-0.05, 0) is 0 Å². The maximum atomic E-state index is 12.1. The molecule has 0 atom stereocenters. The van der Waals surface area contributed by atoms with Crippen LogP contribution in [0.25, 0.3) is 0 Å². The number of alkyl halides is 2. The topological polar surface area (TPSA) is 55.2 Å². The maximum absolute atomic E-state index is 12.1. The molecule has 0 aliphatic carbocycles. The van der Waals surface area contributed by atoms with Crippen LogP contribution in [0.1, 0.15) is 26.0 Å². The Kier molecular flexibility index (Phi) is 5.52. The van der Waals surface area contributed by atoms with Crippen LogP contribution < -0.4 is 0 Å². The van der Waals surface area contributed by atoms with E-state index in [-0.39, 0.29) is 0 Å². The lowest BCUT2D eigenvalue weighted by molar-refractivity contribution is 0.146. The lowest BCUT2D eigenvalue weighted by Gasteiger charge is -2.10. The number of aromatic nitrogens is 2. The fraction of sp³-hybridized carbons (Fsp3) is 0.625. The van der Waals surface area contributed by atoms with Crippen LogP contribution in [0.5, 0.6) is 0 Å². The molecule has 0 radical (unpaired) electrons. The van der Waals surface area contributed by atoms with Gasteiger partial charge >= 0.3 is 10.2 Å². The minimum absolute atomic E-state index is 0.560. The molecule has 0 unspecified atom stereocenters. The van der Waals surface area contributed by atoms with Crippen molar-refractivity contribution in [3.8, 4) is 0 Å². The van der Waals surface area contributed by atoms with Crippen molar-refractivity contribution < 1.29 is 17.2 Å². The molecule has 94 valence electrons. The van der Waals surface area contributed by atoms with E-state index < -0.39 is 22.3 Å². The molecule has 0 saturated carbocycles. The number of hydrogen-bond acceptors (Lipinski definition) is 3. The molecule has 16 heavy (non-hydrogen) atoms. The van der Waals surface area contributed by atoms with Crippen molar-refractivity contribution in [3.63, 3.8) is 0 Å². The van der Waals surface area contributed by atoms with Gasteiger partial charge in [0.1, 0.15) is 12.0 Å². The van der Waals surface area contributed by atoms with E-state index in [2.05, 4.69) is 4.98 Å². The summed E-state index contributed by atoms with van der Waals surface area (Å²) in [5.74, 6) is 0. The Balaban J connectivity index is 0.00000106. The Morgan fingerprint density at radius 3 is 2.19 bits per heavy atom. The van der Waals surface area contributed by atoms with Gasteiger partial charge in [-0.15, -0.1) is 0 Å². The van der Waals surface area contributed by atoms with Gasteiger partial charge in [0, 0.05) is 14.1 Å². The summed E-state index contributed by atoms with van der Waals surface area (Å²) in [6, 6.07) is 0. The normalized spacial score (nSPS) is 11.5. The third-order valence-electron chi connectivity index (χ3n) is 1.53. The molecule has 0 aromatic carbocycles. The molecule has 0 N–H and O–H groups in total. The molecule has 0 aliphatic rings. The number of nitrogens with zero attached hydrogens (tertiary/aromatic N) is 3. The van der Waals surface area contributed by atoms with Gasteiger partial charge < -0.3 is 0 Å². The van der Waals surface area contributed by atoms with Crippen LogP contribution in [0.4, 0.5) is 8.78 Å². The molecule has 1 aromatic rings. The molecular formula is C8H15F2N3O2S. The minimum Gasteiger partial charge on any atom is -0.235 e.